The van der Waals surface area contributed by atoms with E-state index in [1.165, 1.54) is 0 Å². The van der Waals surface area contributed by atoms with Crippen LogP contribution in [0, 0.1) is 11.3 Å². The Kier molecular flexibility index (Phi) is 6.62. The number of imide groups is 1. The average molecular weight is 430 g/mol. The highest BCUT2D eigenvalue weighted by atomic mass is 16.5. The molecule has 1 heterocycles. The van der Waals surface area contributed by atoms with Gasteiger partial charge in [0.1, 0.15) is 17.8 Å². The molecule has 1 saturated carbocycles. The van der Waals surface area contributed by atoms with E-state index in [2.05, 4.69) is 31.4 Å². The number of carbonyl (C=O) groups excluding carboxylic acids is 3. The minimum atomic E-state index is -0.877. The van der Waals surface area contributed by atoms with Crippen LogP contribution in [0.4, 0.5) is 4.79 Å². The van der Waals surface area contributed by atoms with Crippen LogP contribution >= 0.6 is 0 Å². The topological polar surface area (TPSA) is 87.7 Å². The van der Waals surface area contributed by atoms with Crippen molar-refractivity contribution in [3.63, 3.8) is 0 Å². The summed E-state index contributed by atoms with van der Waals surface area (Å²) >= 11 is 0. The summed E-state index contributed by atoms with van der Waals surface area (Å²) in [7, 11) is 0. The van der Waals surface area contributed by atoms with Crippen LogP contribution in [0.3, 0.4) is 0 Å². The van der Waals surface area contributed by atoms with Crippen molar-refractivity contribution < 1.29 is 19.1 Å². The molecule has 0 aromatic heterocycles. The van der Waals surface area contributed by atoms with Crippen molar-refractivity contribution in [1.82, 2.24) is 15.5 Å². The second kappa shape index (κ2) is 8.89. The fourth-order valence-corrected chi connectivity index (χ4v) is 5.20. The van der Waals surface area contributed by atoms with Gasteiger partial charge in [0, 0.05) is 6.54 Å². The number of nitrogens with one attached hydrogen (secondary N) is 2. The first kappa shape index (κ1) is 23.1. The zero-order valence-corrected chi connectivity index (χ0v) is 19.3. The Bertz CT molecular complexity index is 834. The molecule has 2 N–H and O–H groups in total. The third-order valence-corrected chi connectivity index (χ3v) is 5.96. The van der Waals surface area contributed by atoms with Gasteiger partial charge in [-0.25, -0.2) is 4.79 Å². The lowest BCUT2D eigenvalue weighted by atomic mass is 9.64. The van der Waals surface area contributed by atoms with Crippen molar-refractivity contribution in [3.8, 4) is 5.75 Å². The zero-order chi connectivity index (χ0) is 22.8. The van der Waals surface area contributed by atoms with E-state index >= 15 is 0 Å². The summed E-state index contributed by atoms with van der Waals surface area (Å²) in [5.41, 5.74) is 0.163. The van der Waals surface area contributed by atoms with Gasteiger partial charge < -0.3 is 15.4 Å². The number of amides is 4. The standard InChI is InChI=1S/C24H35N3O4/c1-16(2)31-19-8-6-18(7-9-19)10-11-25-20(28)14-27-21(29)24(26-22(27)30)13-17(3)12-23(4,5)15-24/h6-9,16-17H,10-15H2,1-5H3,(H,25,28)(H,26,30). The minimum absolute atomic E-state index is 0.0331. The normalized spacial score (nSPS) is 25.1. The number of hydrogen-bond donors (Lipinski definition) is 2. The van der Waals surface area contributed by atoms with E-state index in [-0.39, 0.29) is 29.9 Å². The van der Waals surface area contributed by atoms with Gasteiger partial charge in [-0.05, 0) is 68.6 Å². The number of benzene rings is 1. The Labute approximate surface area is 184 Å². The first-order chi connectivity index (χ1) is 14.5. The molecule has 1 aromatic carbocycles. The molecule has 0 radical (unpaired) electrons. The van der Waals surface area contributed by atoms with Crippen molar-refractivity contribution in [2.45, 2.75) is 71.9 Å². The van der Waals surface area contributed by atoms with Gasteiger partial charge >= 0.3 is 6.03 Å². The minimum Gasteiger partial charge on any atom is -0.491 e. The Morgan fingerprint density at radius 2 is 1.90 bits per heavy atom. The van der Waals surface area contributed by atoms with Crippen molar-refractivity contribution in [2.75, 3.05) is 13.1 Å². The van der Waals surface area contributed by atoms with Crippen LogP contribution < -0.4 is 15.4 Å². The largest absolute Gasteiger partial charge is 0.491 e. The van der Waals surface area contributed by atoms with Gasteiger partial charge in [-0.2, -0.15) is 0 Å². The first-order valence-corrected chi connectivity index (χ1v) is 11.2. The molecule has 1 aromatic rings. The van der Waals surface area contributed by atoms with Gasteiger partial charge in [-0.1, -0.05) is 32.9 Å². The molecule has 3 rings (SSSR count). The van der Waals surface area contributed by atoms with Gasteiger partial charge in [0.05, 0.1) is 6.10 Å². The van der Waals surface area contributed by atoms with Crippen LogP contribution in [0.1, 0.15) is 59.4 Å². The molecule has 170 valence electrons. The van der Waals surface area contributed by atoms with Crippen molar-refractivity contribution >= 4 is 17.8 Å². The number of hydrogen-bond acceptors (Lipinski definition) is 4. The molecule has 7 heteroatoms. The summed E-state index contributed by atoms with van der Waals surface area (Å²) in [6, 6.07) is 7.30. The van der Waals surface area contributed by atoms with E-state index in [1.807, 2.05) is 38.1 Å². The van der Waals surface area contributed by atoms with Crippen molar-refractivity contribution in [3.05, 3.63) is 29.8 Å². The van der Waals surface area contributed by atoms with Crippen LogP contribution in [0.15, 0.2) is 24.3 Å². The Morgan fingerprint density at radius 1 is 1.23 bits per heavy atom. The average Bonchev–Trinajstić information content (AvgIpc) is 2.84. The maximum atomic E-state index is 13.1. The number of nitrogens with zero attached hydrogens (tertiary/aromatic N) is 1. The van der Waals surface area contributed by atoms with Gasteiger partial charge in [-0.15, -0.1) is 0 Å². The first-order valence-electron chi connectivity index (χ1n) is 11.2. The molecule has 31 heavy (non-hydrogen) atoms. The van der Waals surface area contributed by atoms with E-state index in [0.717, 1.165) is 22.6 Å². The van der Waals surface area contributed by atoms with E-state index in [4.69, 9.17) is 4.74 Å². The number of urea groups is 1. The lowest BCUT2D eigenvalue weighted by Crippen LogP contribution is -2.54. The maximum Gasteiger partial charge on any atom is 0.325 e. The van der Waals surface area contributed by atoms with E-state index in [0.29, 0.717) is 31.7 Å². The number of carbonyl (C=O) groups is 3. The van der Waals surface area contributed by atoms with E-state index < -0.39 is 11.6 Å². The zero-order valence-electron chi connectivity index (χ0n) is 19.3. The molecule has 1 spiro atoms. The van der Waals surface area contributed by atoms with Gasteiger partial charge in [-0.3, -0.25) is 14.5 Å². The highest BCUT2D eigenvalue weighted by molar-refractivity contribution is 6.09. The summed E-state index contributed by atoms with van der Waals surface area (Å²) < 4.78 is 5.63. The maximum absolute atomic E-state index is 13.1. The van der Waals surface area contributed by atoms with Gasteiger partial charge in [0.2, 0.25) is 5.91 Å². The van der Waals surface area contributed by atoms with Crippen LogP contribution in [-0.4, -0.2) is 47.5 Å². The molecule has 2 unspecified atom stereocenters. The monoisotopic (exact) mass is 429 g/mol. The van der Waals surface area contributed by atoms with E-state index in [9.17, 15) is 14.4 Å². The lowest BCUT2D eigenvalue weighted by Gasteiger charge is -2.43. The van der Waals surface area contributed by atoms with Crippen LogP contribution in [0.2, 0.25) is 0 Å². The molecule has 2 aliphatic rings. The predicted molar refractivity (Wildman–Crippen MR) is 119 cm³/mol. The summed E-state index contributed by atoms with van der Waals surface area (Å²) in [5, 5.41) is 5.72. The van der Waals surface area contributed by atoms with Crippen molar-refractivity contribution in [2.24, 2.45) is 11.3 Å². The molecule has 1 aliphatic carbocycles. The number of ether oxygens (including phenoxy) is 1. The highest BCUT2D eigenvalue weighted by Gasteiger charge is 2.56. The highest BCUT2D eigenvalue weighted by Crippen LogP contribution is 2.46. The fourth-order valence-electron chi connectivity index (χ4n) is 5.20. The molecule has 2 atom stereocenters. The molecule has 1 saturated heterocycles. The smallest absolute Gasteiger partial charge is 0.325 e. The molecule has 2 fully saturated rings. The predicted octanol–water partition coefficient (Wildman–Crippen LogP) is 3.27. The van der Waals surface area contributed by atoms with E-state index in [1.54, 1.807) is 0 Å². The van der Waals surface area contributed by atoms with Crippen LogP contribution in [-0.2, 0) is 16.0 Å². The SMILES string of the molecule is CC1CC(C)(C)CC2(C1)NC(=O)N(CC(=O)NCCc1ccc(OC(C)C)cc1)C2=O. The third kappa shape index (κ3) is 5.57. The number of rotatable bonds is 7. The molecule has 0 bridgehead atoms. The summed E-state index contributed by atoms with van der Waals surface area (Å²) in [6.45, 7) is 10.5. The summed E-state index contributed by atoms with van der Waals surface area (Å²) in [5.74, 6) is 0.547. The van der Waals surface area contributed by atoms with Gasteiger partial charge in [0.25, 0.3) is 5.91 Å². The quantitative estimate of drug-likeness (QED) is 0.651. The fraction of sp³-hybridized carbons (Fsp3) is 0.625. The van der Waals surface area contributed by atoms with Crippen LogP contribution in [0.5, 0.6) is 5.75 Å². The van der Waals surface area contributed by atoms with Crippen molar-refractivity contribution in [1.29, 1.82) is 0 Å². The molecular weight excluding hydrogens is 394 g/mol. The second-order valence-electron chi connectivity index (χ2n) is 10.2. The Morgan fingerprint density at radius 3 is 2.52 bits per heavy atom. The molecular formula is C24H35N3O4. The van der Waals surface area contributed by atoms with Crippen LogP contribution in [0.25, 0.3) is 0 Å². The third-order valence-electron chi connectivity index (χ3n) is 5.96. The summed E-state index contributed by atoms with van der Waals surface area (Å²) in [6.07, 6.45) is 3.02. The molecule has 1 aliphatic heterocycles. The lowest BCUT2D eigenvalue weighted by molar-refractivity contribution is -0.137. The molecule has 7 nitrogen and oxygen atoms in total. The Hall–Kier alpha value is -2.57. The Balaban J connectivity index is 1.51. The molecule has 4 amide bonds. The summed E-state index contributed by atoms with van der Waals surface area (Å²) in [4.78, 5) is 39.1. The second-order valence-corrected chi connectivity index (χ2v) is 10.2. The van der Waals surface area contributed by atoms with Gasteiger partial charge in [0.15, 0.2) is 0 Å².